The molecule has 40 heavy (non-hydrogen) atoms. The van der Waals surface area contributed by atoms with Crippen molar-refractivity contribution in [3.05, 3.63) is 106 Å². The predicted molar refractivity (Wildman–Crippen MR) is 165 cm³/mol. The van der Waals surface area contributed by atoms with E-state index in [4.69, 9.17) is 0 Å². The van der Waals surface area contributed by atoms with Gasteiger partial charge in [-0.3, -0.25) is 0 Å². The maximum atomic E-state index is 14.7. The van der Waals surface area contributed by atoms with Crippen molar-refractivity contribution < 1.29 is 8.78 Å². The van der Waals surface area contributed by atoms with Gasteiger partial charge in [-0.15, -0.1) is 0 Å². The SMILES string of the molecule is CCCCCCCCCCc1ccc(C#Cc2cc(F)c(C#Cc3ccc(CCCCCC)cc3)cc2F)cc1. The Morgan fingerprint density at radius 2 is 0.800 bits per heavy atom. The number of benzene rings is 3. The Balaban J connectivity index is 1.51. The van der Waals surface area contributed by atoms with Gasteiger partial charge < -0.3 is 0 Å². The lowest BCUT2D eigenvalue weighted by Crippen LogP contribution is -1.92. The van der Waals surface area contributed by atoms with Crippen molar-refractivity contribution >= 4 is 0 Å². The van der Waals surface area contributed by atoms with Crippen molar-refractivity contribution in [1.82, 2.24) is 0 Å². The third-order valence-corrected chi connectivity index (χ3v) is 7.29. The molecule has 0 heterocycles. The molecule has 0 aliphatic rings. The monoisotopic (exact) mass is 538 g/mol. The summed E-state index contributed by atoms with van der Waals surface area (Å²) in [7, 11) is 0. The van der Waals surface area contributed by atoms with Gasteiger partial charge in [0.15, 0.2) is 0 Å². The molecule has 0 aliphatic carbocycles. The largest absolute Gasteiger partial charge is 0.206 e. The fraction of sp³-hybridized carbons (Fsp3) is 0.421. The molecule has 0 radical (unpaired) electrons. The Hall–Kier alpha value is -3.36. The molecule has 0 N–H and O–H groups in total. The number of rotatable bonds is 14. The van der Waals surface area contributed by atoms with Gasteiger partial charge in [-0.25, -0.2) is 8.78 Å². The van der Waals surface area contributed by atoms with Gasteiger partial charge in [0.05, 0.1) is 11.1 Å². The van der Waals surface area contributed by atoms with E-state index in [0.717, 1.165) is 36.1 Å². The second kappa shape index (κ2) is 18.1. The quantitative estimate of drug-likeness (QED) is 0.141. The van der Waals surface area contributed by atoms with Crippen LogP contribution in [0, 0.1) is 35.3 Å². The van der Waals surface area contributed by atoms with Crippen LogP contribution in [0.1, 0.15) is 124 Å². The number of aryl methyl sites for hydroxylation is 2. The Kier molecular flexibility index (Phi) is 14.1. The standard InChI is InChI=1S/C38H44F2/c1-3-5-7-9-10-11-12-14-16-32-19-23-34(24-20-32)26-28-36-30-37(39)35(29-38(36)40)27-25-33-21-17-31(18-22-33)15-13-8-6-4-2/h17-24,29-30H,3-16H2,1-2H3. The van der Waals surface area contributed by atoms with Crippen LogP contribution in [0.2, 0.25) is 0 Å². The summed E-state index contributed by atoms with van der Waals surface area (Å²) < 4.78 is 29.4. The zero-order valence-corrected chi connectivity index (χ0v) is 24.4. The first-order valence-electron chi connectivity index (χ1n) is 15.3. The van der Waals surface area contributed by atoms with Crippen molar-refractivity contribution in [2.24, 2.45) is 0 Å². The third kappa shape index (κ3) is 11.4. The second-order valence-corrected chi connectivity index (χ2v) is 10.7. The van der Waals surface area contributed by atoms with E-state index in [9.17, 15) is 8.78 Å². The van der Waals surface area contributed by atoms with E-state index in [1.165, 1.54) is 88.2 Å². The van der Waals surface area contributed by atoms with Crippen LogP contribution in [0.5, 0.6) is 0 Å². The molecule has 0 aromatic heterocycles. The Bertz CT molecular complexity index is 1280. The van der Waals surface area contributed by atoms with Crippen molar-refractivity contribution in [2.45, 2.75) is 104 Å². The van der Waals surface area contributed by atoms with Gasteiger partial charge >= 0.3 is 0 Å². The first kappa shape index (κ1) is 31.2. The molecule has 0 saturated carbocycles. The lowest BCUT2D eigenvalue weighted by atomic mass is 10.0. The third-order valence-electron chi connectivity index (χ3n) is 7.29. The summed E-state index contributed by atoms with van der Waals surface area (Å²) in [6.45, 7) is 4.46. The van der Waals surface area contributed by atoms with Gasteiger partial charge in [-0.2, -0.15) is 0 Å². The molecule has 3 aromatic carbocycles. The van der Waals surface area contributed by atoms with E-state index in [2.05, 4.69) is 61.8 Å². The van der Waals surface area contributed by atoms with Crippen LogP contribution in [0.15, 0.2) is 60.7 Å². The van der Waals surface area contributed by atoms with E-state index in [1.807, 2.05) is 24.3 Å². The van der Waals surface area contributed by atoms with Crippen LogP contribution in [0.3, 0.4) is 0 Å². The molecule has 3 rings (SSSR count). The summed E-state index contributed by atoms with van der Waals surface area (Å²) in [6.07, 6.45) is 17.5. The van der Waals surface area contributed by atoms with E-state index < -0.39 is 11.6 Å². The van der Waals surface area contributed by atoms with Crippen LogP contribution < -0.4 is 0 Å². The van der Waals surface area contributed by atoms with Gasteiger partial charge in [0.2, 0.25) is 0 Å². The molecular weight excluding hydrogens is 494 g/mol. The highest BCUT2D eigenvalue weighted by molar-refractivity contribution is 5.49. The van der Waals surface area contributed by atoms with E-state index in [0.29, 0.717) is 0 Å². The zero-order valence-electron chi connectivity index (χ0n) is 24.4. The summed E-state index contributed by atoms with van der Waals surface area (Å²) in [5.41, 5.74) is 4.22. The zero-order chi connectivity index (χ0) is 28.4. The molecule has 0 saturated heterocycles. The molecule has 0 bridgehead atoms. The van der Waals surface area contributed by atoms with Crippen molar-refractivity contribution in [1.29, 1.82) is 0 Å². The highest BCUT2D eigenvalue weighted by Gasteiger charge is 2.07. The summed E-state index contributed by atoms with van der Waals surface area (Å²) in [4.78, 5) is 0. The minimum atomic E-state index is -0.563. The molecule has 2 heteroatoms. The molecule has 0 nitrogen and oxygen atoms in total. The molecule has 0 unspecified atom stereocenters. The average Bonchev–Trinajstić information content (AvgIpc) is 2.97. The maximum absolute atomic E-state index is 14.7. The van der Waals surface area contributed by atoms with Crippen LogP contribution in [0.4, 0.5) is 8.78 Å². The van der Waals surface area contributed by atoms with Crippen molar-refractivity contribution in [2.75, 3.05) is 0 Å². The van der Waals surface area contributed by atoms with E-state index in [1.54, 1.807) is 0 Å². The normalized spacial score (nSPS) is 10.5. The summed E-state index contributed by atoms with van der Waals surface area (Å²) >= 11 is 0. The van der Waals surface area contributed by atoms with Gasteiger partial charge in [-0.1, -0.05) is 126 Å². The van der Waals surface area contributed by atoms with Crippen LogP contribution in [-0.4, -0.2) is 0 Å². The number of halogens is 2. The topological polar surface area (TPSA) is 0 Å². The summed E-state index contributed by atoms with van der Waals surface area (Å²) in [6, 6.07) is 18.4. The molecule has 0 amide bonds. The second-order valence-electron chi connectivity index (χ2n) is 10.7. The average molecular weight is 539 g/mol. The maximum Gasteiger partial charge on any atom is 0.140 e. The molecule has 0 spiro atoms. The molecule has 0 atom stereocenters. The molecular formula is C38H44F2. The fourth-order valence-electron chi connectivity index (χ4n) is 4.75. The minimum absolute atomic E-state index is 0.0389. The van der Waals surface area contributed by atoms with Gasteiger partial charge in [0, 0.05) is 11.1 Å². The van der Waals surface area contributed by atoms with Gasteiger partial charge in [0.25, 0.3) is 0 Å². The van der Waals surface area contributed by atoms with Crippen LogP contribution in [0.25, 0.3) is 0 Å². The smallest absolute Gasteiger partial charge is 0.140 e. The highest BCUT2D eigenvalue weighted by Crippen LogP contribution is 2.16. The summed E-state index contributed by atoms with van der Waals surface area (Å²) in [5, 5.41) is 0. The number of hydrogen-bond donors (Lipinski definition) is 0. The molecule has 210 valence electrons. The van der Waals surface area contributed by atoms with Crippen LogP contribution >= 0.6 is 0 Å². The molecule has 0 fully saturated rings. The van der Waals surface area contributed by atoms with Gasteiger partial charge in [-0.05, 0) is 73.2 Å². The summed E-state index contributed by atoms with van der Waals surface area (Å²) in [5.74, 6) is 10.4. The van der Waals surface area contributed by atoms with Crippen LogP contribution in [-0.2, 0) is 12.8 Å². The first-order valence-corrected chi connectivity index (χ1v) is 15.3. The minimum Gasteiger partial charge on any atom is -0.206 e. The van der Waals surface area contributed by atoms with Crippen molar-refractivity contribution in [3.8, 4) is 23.7 Å². The first-order chi connectivity index (χ1) is 19.6. The Morgan fingerprint density at radius 3 is 1.20 bits per heavy atom. The Labute approximate surface area is 241 Å². The van der Waals surface area contributed by atoms with E-state index in [-0.39, 0.29) is 11.1 Å². The van der Waals surface area contributed by atoms with E-state index >= 15 is 0 Å². The highest BCUT2D eigenvalue weighted by atomic mass is 19.1. The molecule has 0 aliphatic heterocycles. The van der Waals surface area contributed by atoms with Gasteiger partial charge in [0.1, 0.15) is 11.6 Å². The predicted octanol–water partition coefficient (Wildman–Crippen LogP) is 10.6. The number of unbranched alkanes of at least 4 members (excludes halogenated alkanes) is 10. The van der Waals surface area contributed by atoms with Crippen molar-refractivity contribution in [3.63, 3.8) is 0 Å². The fourth-order valence-corrected chi connectivity index (χ4v) is 4.75. The lowest BCUT2D eigenvalue weighted by molar-refractivity contribution is 0.575. The lowest BCUT2D eigenvalue weighted by Gasteiger charge is -2.03. The Morgan fingerprint density at radius 1 is 0.450 bits per heavy atom. The molecule has 3 aromatic rings. The number of hydrogen-bond acceptors (Lipinski definition) is 0.